The Bertz CT molecular complexity index is 256. The summed E-state index contributed by atoms with van der Waals surface area (Å²) in [6.45, 7) is 6.57. The summed E-state index contributed by atoms with van der Waals surface area (Å²) in [6, 6.07) is -1.29. The average molecular weight is 260 g/mol. The van der Waals surface area contributed by atoms with Gasteiger partial charge in [0.15, 0.2) is 0 Å². The molecule has 18 heavy (non-hydrogen) atoms. The van der Waals surface area contributed by atoms with E-state index >= 15 is 0 Å². The van der Waals surface area contributed by atoms with Crippen molar-refractivity contribution in [1.29, 1.82) is 0 Å². The Labute approximate surface area is 108 Å². The molecular weight excluding hydrogens is 236 g/mol. The number of carboxylic acid groups (broad SMARTS) is 1. The molecule has 1 atom stereocenters. The maximum absolute atomic E-state index is 11.4. The summed E-state index contributed by atoms with van der Waals surface area (Å²) in [5.74, 6) is -1.00. The van der Waals surface area contributed by atoms with Crippen molar-refractivity contribution in [1.82, 2.24) is 10.6 Å². The van der Waals surface area contributed by atoms with Crippen molar-refractivity contribution in [2.75, 3.05) is 13.2 Å². The Balaban J connectivity index is 3.84. The third-order valence-corrected chi connectivity index (χ3v) is 2.29. The van der Waals surface area contributed by atoms with E-state index in [1.54, 1.807) is 0 Å². The van der Waals surface area contributed by atoms with E-state index < -0.39 is 18.0 Å². The van der Waals surface area contributed by atoms with Crippen LogP contribution >= 0.6 is 0 Å². The molecule has 0 aliphatic heterocycles. The Morgan fingerprint density at radius 1 is 1.33 bits per heavy atom. The molecule has 0 spiro atoms. The van der Waals surface area contributed by atoms with E-state index in [0.717, 1.165) is 12.8 Å². The first kappa shape index (κ1) is 16.7. The van der Waals surface area contributed by atoms with E-state index in [1.807, 2.05) is 20.8 Å². The quantitative estimate of drug-likeness (QED) is 0.546. The van der Waals surface area contributed by atoms with Crippen molar-refractivity contribution in [2.45, 2.75) is 52.2 Å². The zero-order valence-corrected chi connectivity index (χ0v) is 11.4. The number of carbonyl (C=O) groups is 2. The Hall–Kier alpha value is -1.30. The highest BCUT2D eigenvalue weighted by Crippen LogP contribution is 2.00. The highest BCUT2D eigenvalue weighted by atomic mass is 16.5. The minimum Gasteiger partial charge on any atom is -0.480 e. The fourth-order valence-electron chi connectivity index (χ4n) is 1.33. The molecule has 0 aromatic rings. The van der Waals surface area contributed by atoms with Crippen molar-refractivity contribution in [3.63, 3.8) is 0 Å². The number of amides is 2. The van der Waals surface area contributed by atoms with Gasteiger partial charge in [-0.3, -0.25) is 0 Å². The molecular formula is C12H24N2O4. The number of hydrogen-bond acceptors (Lipinski definition) is 3. The predicted molar refractivity (Wildman–Crippen MR) is 68.6 cm³/mol. The zero-order valence-electron chi connectivity index (χ0n) is 11.4. The van der Waals surface area contributed by atoms with Gasteiger partial charge in [-0.15, -0.1) is 0 Å². The number of unbranched alkanes of at least 4 members (excludes halogenated alkanes) is 1. The molecule has 0 aromatic carbocycles. The third-order valence-electron chi connectivity index (χ3n) is 2.29. The van der Waals surface area contributed by atoms with Crippen LogP contribution in [0.1, 0.15) is 40.0 Å². The SMILES string of the molecule is CCCC[C@H](NC(=O)NCCOC(C)C)C(=O)O. The molecule has 0 heterocycles. The van der Waals surface area contributed by atoms with E-state index in [4.69, 9.17) is 9.84 Å². The van der Waals surface area contributed by atoms with Crippen LogP contribution in [0, 0.1) is 0 Å². The van der Waals surface area contributed by atoms with Gasteiger partial charge in [-0.05, 0) is 20.3 Å². The van der Waals surface area contributed by atoms with Crippen LogP contribution in [0.15, 0.2) is 0 Å². The molecule has 0 fully saturated rings. The normalized spacial score (nSPS) is 12.2. The standard InChI is InChI=1S/C12H24N2O4/c1-4-5-6-10(11(15)16)14-12(17)13-7-8-18-9(2)3/h9-10H,4-8H2,1-3H3,(H,15,16)(H2,13,14,17)/t10-/m0/s1. The zero-order chi connectivity index (χ0) is 14.0. The fourth-order valence-corrected chi connectivity index (χ4v) is 1.33. The van der Waals surface area contributed by atoms with Crippen molar-refractivity contribution in [3.05, 3.63) is 0 Å². The Morgan fingerprint density at radius 3 is 2.50 bits per heavy atom. The topological polar surface area (TPSA) is 87.7 Å². The van der Waals surface area contributed by atoms with E-state index in [2.05, 4.69) is 10.6 Å². The van der Waals surface area contributed by atoms with E-state index in [-0.39, 0.29) is 6.10 Å². The summed E-state index contributed by atoms with van der Waals surface area (Å²) >= 11 is 0. The summed E-state index contributed by atoms with van der Waals surface area (Å²) in [4.78, 5) is 22.3. The van der Waals surface area contributed by atoms with Crippen LogP contribution in [-0.4, -0.2) is 42.4 Å². The first-order valence-corrected chi connectivity index (χ1v) is 6.36. The molecule has 0 aliphatic rings. The lowest BCUT2D eigenvalue weighted by atomic mass is 10.1. The summed E-state index contributed by atoms with van der Waals surface area (Å²) in [7, 11) is 0. The monoisotopic (exact) mass is 260 g/mol. The molecule has 6 nitrogen and oxygen atoms in total. The van der Waals surface area contributed by atoms with Crippen LogP contribution in [0.2, 0.25) is 0 Å². The van der Waals surface area contributed by atoms with Crippen molar-refractivity contribution in [3.8, 4) is 0 Å². The number of ether oxygens (including phenoxy) is 1. The maximum Gasteiger partial charge on any atom is 0.326 e. The van der Waals surface area contributed by atoms with Gasteiger partial charge in [-0.2, -0.15) is 0 Å². The molecule has 0 rings (SSSR count). The minimum atomic E-state index is -1.00. The van der Waals surface area contributed by atoms with Crippen LogP contribution in [0.5, 0.6) is 0 Å². The lowest BCUT2D eigenvalue weighted by Crippen LogP contribution is -2.46. The number of hydrogen-bond donors (Lipinski definition) is 3. The fraction of sp³-hybridized carbons (Fsp3) is 0.833. The molecule has 0 saturated heterocycles. The van der Waals surface area contributed by atoms with Crippen LogP contribution in [-0.2, 0) is 9.53 Å². The minimum absolute atomic E-state index is 0.117. The highest BCUT2D eigenvalue weighted by Gasteiger charge is 2.18. The summed E-state index contributed by atoms with van der Waals surface area (Å²) in [5, 5.41) is 13.9. The average Bonchev–Trinajstić information content (AvgIpc) is 2.29. The second-order valence-corrected chi connectivity index (χ2v) is 4.35. The number of carboxylic acids is 1. The number of carbonyl (C=O) groups excluding carboxylic acids is 1. The molecule has 3 N–H and O–H groups in total. The van der Waals surface area contributed by atoms with Gasteiger partial charge in [0.2, 0.25) is 0 Å². The van der Waals surface area contributed by atoms with E-state index in [0.29, 0.717) is 19.6 Å². The number of aliphatic carboxylic acids is 1. The van der Waals surface area contributed by atoms with Crippen LogP contribution in [0.3, 0.4) is 0 Å². The molecule has 0 unspecified atom stereocenters. The summed E-state index contributed by atoms with van der Waals surface area (Å²) in [6.07, 6.45) is 2.23. The molecule has 2 amide bonds. The lowest BCUT2D eigenvalue weighted by Gasteiger charge is -2.15. The highest BCUT2D eigenvalue weighted by molar-refractivity contribution is 5.82. The van der Waals surface area contributed by atoms with Crippen molar-refractivity contribution < 1.29 is 19.4 Å². The molecule has 0 aromatic heterocycles. The van der Waals surface area contributed by atoms with Gasteiger partial charge < -0.3 is 20.5 Å². The summed E-state index contributed by atoms with van der Waals surface area (Å²) < 4.78 is 5.25. The molecule has 0 radical (unpaired) electrons. The predicted octanol–water partition coefficient (Wildman–Crippen LogP) is 1.35. The molecule has 6 heteroatoms. The smallest absolute Gasteiger partial charge is 0.326 e. The first-order valence-electron chi connectivity index (χ1n) is 6.36. The molecule has 0 saturated carbocycles. The maximum atomic E-state index is 11.4. The van der Waals surface area contributed by atoms with Crippen molar-refractivity contribution in [2.24, 2.45) is 0 Å². The second-order valence-electron chi connectivity index (χ2n) is 4.35. The van der Waals surface area contributed by atoms with Gasteiger partial charge in [0.25, 0.3) is 0 Å². The molecule has 106 valence electrons. The number of urea groups is 1. The third kappa shape index (κ3) is 8.81. The number of nitrogens with one attached hydrogen (secondary N) is 2. The van der Waals surface area contributed by atoms with Gasteiger partial charge in [-0.1, -0.05) is 19.8 Å². The van der Waals surface area contributed by atoms with Gasteiger partial charge >= 0.3 is 12.0 Å². The largest absolute Gasteiger partial charge is 0.480 e. The van der Waals surface area contributed by atoms with Crippen LogP contribution in [0.25, 0.3) is 0 Å². The van der Waals surface area contributed by atoms with Crippen LogP contribution in [0.4, 0.5) is 4.79 Å². The molecule has 0 bridgehead atoms. The van der Waals surface area contributed by atoms with Gasteiger partial charge in [0, 0.05) is 6.54 Å². The molecule has 0 aliphatic carbocycles. The first-order chi connectivity index (χ1) is 8.47. The number of rotatable bonds is 9. The van der Waals surface area contributed by atoms with E-state index in [1.165, 1.54) is 0 Å². The van der Waals surface area contributed by atoms with Crippen LogP contribution < -0.4 is 10.6 Å². The van der Waals surface area contributed by atoms with Gasteiger partial charge in [0.1, 0.15) is 6.04 Å². The van der Waals surface area contributed by atoms with E-state index in [9.17, 15) is 9.59 Å². The lowest BCUT2D eigenvalue weighted by molar-refractivity contribution is -0.139. The van der Waals surface area contributed by atoms with Crippen molar-refractivity contribution >= 4 is 12.0 Å². The van der Waals surface area contributed by atoms with Gasteiger partial charge in [-0.25, -0.2) is 9.59 Å². The summed E-state index contributed by atoms with van der Waals surface area (Å²) in [5.41, 5.74) is 0. The second kappa shape index (κ2) is 9.70. The Kier molecular flexibility index (Phi) is 9.00. The Morgan fingerprint density at radius 2 is 2.00 bits per heavy atom. The van der Waals surface area contributed by atoms with Gasteiger partial charge in [0.05, 0.1) is 12.7 Å².